The summed E-state index contributed by atoms with van der Waals surface area (Å²) in [5, 5.41) is 12.6. The lowest BCUT2D eigenvalue weighted by atomic mass is 10.1. The van der Waals surface area contributed by atoms with Crippen molar-refractivity contribution in [2.24, 2.45) is 5.73 Å². The fourth-order valence-electron chi connectivity index (χ4n) is 1.94. The van der Waals surface area contributed by atoms with Gasteiger partial charge in [-0.3, -0.25) is 4.79 Å². The van der Waals surface area contributed by atoms with Gasteiger partial charge in [0.1, 0.15) is 6.07 Å². The Morgan fingerprint density at radius 1 is 1.50 bits per heavy atom. The second kappa shape index (κ2) is 7.51. The molecule has 0 unspecified atom stereocenters. The van der Waals surface area contributed by atoms with Crippen molar-refractivity contribution in [3.8, 4) is 6.07 Å². The molecule has 5 heteroatoms. The number of nitrogens with zero attached hydrogens (tertiary/aromatic N) is 2. The number of anilines is 1. The Morgan fingerprint density at radius 2 is 2.20 bits per heavy atom. The number of carbonyl (C=O) groups is 1. The first kappa shape index (κ1) is 16.0. The lowest BCUT2D eigenvalue weighted by Crippen LogP contribution is -2.34. The van der Waals surface area contributed by atoms with Crippen molar-refractivity contribution in [3.63, 3.8) is 0 Å². The highest BCUT2D eigenvalue weighted by molar-refractivity contribution is 5.80. The van der Waals surface area contributed by atoms with E-state index in [-0.39, 0.29) is 6.54 Å². The third kappa shape index (κ3) is 4.56. The molecule has 0 saturated heterocycles. The van der Waals surface area contributed by atoms with Gasteiger partial charge in [-0.25, -0.2) is 0 Å². The van der Waals surface area contributed by atoms with Gasteiger partial charge in [-0.05, 0) is 24.6 Å². The summed E-state index contributed by atoms with van der Waals surface area (Å²) in [6.45, 7) is 7.54. The van der Waals surface area contributed by atoms with Crippen LogP contribution in [0.2, 0.25) is 0 Å². The molecule has 1 amide bonds. The van der Waals surface area contributed by atoms with Crippen LogP contribution in [-0.2, 0) is 11.3 Å². The topological polar surface area (TPSA) is 82.2 Å². The normalized spacial score (nSPS) is 10.3. The summed E-state index contributed by atoms with van der Waals surface area (Å²) in [4.78, 5) is 12.9. The second-order valence-corrected chi connectivity index (χ2v) is 4.98. The molecule has 0 aromatic heterocycles. The first-order chi connectivity index (χ1) is 9.47. The number of amides is 1. The average molecular weight is 274 g/mol. The number of carbonyl (C=O) groups excluding carboxylic acids is 1. The summed E-state index contributed by atoms with van der Waals surface area (Å²) in [6.07, 6.45) is 0. The van der Waals surface area contributed by atoms with Crippen LogP contribution in [0.1, 0.15) is 31.9 Å². The number of rotatable bonds is 7. The zero-order chi connectivity index (χ0) is 15.1. The first-order valence-corrected chi connectivity index (χ1v) is 6.77. The van der Waals surface area contributed by atoms with Gasteiger partial charge in [-0.1, -0.05) is 19.9 Å². The molecule has 3 N–H and O–H groups in total. The molecule has 0 bridgehead atoms. The Bertz CT molecular complexity index is 505. The quantitative estimate of drug-likeness (QED) is 0.786. The van der Waals surface area contributed by atoms with Gasteiger partial charge in [-0.2, -0.15) is 5.26 Å². The van der Waals surface area contributed by atoms with Crippen molar-refractivity contribution in [2.45, 2.75) is 33.4 Å². The molecule has 0 heterocycles. The predicted octanol–water partition coefficient (Wildman–Crippen LogP) is 1.37. The minimum Gasteiger partial charge on any atom is -0.368 e. The number of nitrogens with two attached hydrogens (primary N) is 1. The molecule has 108 valence electrons. The van der Waals surface area contributed by atoms with Crippen LogP contribution in [0.3, 0.4) is 0 Å². The average Bonchev–Trinajstić information content (AvgIpc) is 2.42. The zero-order valence-corrected chi connectivity index (χ0v) is 12.3. The van der Waals surface area contributed by atoms with Crippen molar-refractivity contribution in [1.82, 2.24) is 5.32 Å². The van der Waals surface area contributed by atoms with E-state index in [1.807, 2.05) is 25.1 Å². The van der Waals surface area contributed by atoms with Gasteiger partial charge in [0.15, 0.2) is 0 Å². The molecule has 0 saturated carbocycles. The lowest BCUT2D eigenvalue weighted by Gasteiger charge is -2.23. The Labute approximate surface area is 120 Å². The van der Waals surface area contributed by atoms with E-state index < -0.39 is 5.91 Å². The molecule has 20 heavy (non-hydrogen) atoms. The summed E-state index contributed by atoms with van der Waals surface area (Å²) in [5.74, 6) is -0.402. The summed E-state index contributed by atoms with van der Waals surface area (Å²) >= 11 is 0. The molecule has 1 aromatic rings. The predicted molar refractivity (Wildman–Crippen MR) is 80.2 cm³/mol. The SMILES string of the molecule is CCN(CC(N)=O)c1ccc(CNC(C)C)cc1C#N. The summed E-state index contributed by atoms with van der Waals surface area (Å²) < 4.78 is 0. The van der Waals surface area contributed by atoms with E-state index in [1.165, 1.54) is 0 Å². The number of primary amides is 1. The van der Waals surface area contributed by atoms with Crippen LogP contribution in [0.4, 0.5) is 5.69 Å². The van der Waals surface area contributed by atoms with E-state index in [2.05, 4.69) is 25.2 Å². The number of hydrogen-bond acceptors (Lipinski definition) is 4. The van der Waals surface area contributed by atoms with Gasteiger partial charge >= 0.3 is 0 Å². The molecule has 0 spiro atoms. The number of benzene rings is 1. The van der Waals surface area contributed by atoms with Gasteiger partial charge in [0.25, 0.3) is 0 Å². The van der Waals surface area contributed by atoms with Crippen LogP contribution < -0.4 is 16.0 Å². The van der Waals surface area contributed by atoms with Crippen molar-refractivity contribution >= 4 is 11.6 Å². The van der Waals surface area contributed by atoms with E-state index in [9.17, 15) is 10.1 Å². The van der Waals surface area contributed by atoms with E-state index in [0.717, 1.165) is 11.3 Å². The summed E-state index contributed by atoms with van der Waals surface area (Å²) in [7, 11) is 0. The molecular formula is C15H22N4O. The Hall–Kier alpha value is -2.06. The maximum Gasteiger partial charge on any atom is 0.236 e. The molecular weight excluding hydrogens is 252 g/mol. The van der Waals surface area contributed by atoms with E-state index in [0.29, 0.717) is 24.7 Å². The van der Waals surface area contributed by atoms with Crippen LogP contribution in [-0.4, -0.2) is 25.0 Å². The standard InChI is InChI=1S/C15H22N4O/c1-4-19(10-15(17)20)14-6-5-12(7-13(14)8-16)9-18-11(2)3/h5-7,11,18H,4,9-10H2,1-3H3,(H2,17,20). The highest BCUT2D eigenvalue weighted by atomic mass is 16.1. The minimum absolute atomic E-state index is 0.120. The molecule has 1 rings (SSSR count). The van der Waals surface area contributed by atoms with E-state index in [4.69, 9.17) is 5.73 Å². The van der Waals surface area contributed by atoms with E-state index >= 15 is 0 Å². The molecule has 0 aliphatic carbocycles. The van der Waals surface area contributed by atoms with Crippen LogP contribution in [0.5, 0.6) is 0 Å². The van der Waals surface area contributed by atoms with Gasteiger partial charge in [0.05, 0.1) is 17.8 Å². The molecule has 0 radical (unpaired) electrons. The maximum atomic E-state index is 11.1. The highest BCUT2D eigenvalue weighted by Gasteiger charge is 2.12. The van der Waals surface area contributed by atoms with Crippen molar-refractivity contribution in [2.75, 3.05) is 18.0 Å². The van der Waals surface area contributed by atoms with Crippen molar-refractivity contribution < 1.29 is 4.79 Å². The Balaban J connectivity index is 2.98. The van der Waals surface area contributed by atoms with Gasteiger partial charge in [0.2, 0.25) is 5.91 Å². The Kier molecular flexibility index (Phi) is 6.01. The van der Waals surface area contributed by atoms with E-state index in [1.54, 1.807) is 4.90 Å². The smallest absolute Gasteiger partial charge is 0.236 e. The molecule has 0 aliphatic rings. The minimum atomic E-state index is -0.402. The number of likely N-dealkylation sites (N-methyl/N-ethyl adjacent to an activating group) is 1. The maximum absolute atomic E-state index is 11.1. The third-order valence-electron chi connectivity index (χ3n) is 2.96. The molecule has 5 nitrogen and oxygen atoms in total. The monoisotopic (exact) mass is 274 g/mol. The lowest BCUT2D eigenvalue weighted by molar-refractivity contribution is -0.116. The molecule has 0 aliphatic heterocycles. The van der Waals surface area contributed by atoms with Crippen LogP contribution >= 0.6 is 0 Å². The number of hydrogen-bond donors (Lipinski definition) is 2. The summed E-state index contributed by atoms with van der Waals surface area (Å²) in [5.41, 5.74) is 7.60. The van der Waals surface area contributed by atoms with Crippen molar-refractivity contribution in [3.05, 3.63) is 29.3 Å². The number of nitriles is 1. The highest BCUT2D eigenvalue weighted by Crippen LogP contribution is 2.21. The van der Waals surface area contributed by atoms with Crippen LogP contribution in [0.15, 0.2) is 18.2 Å². The fourth-order valence-corrected chi connectivity index (χ4v) is 1.94. The second-order valence-electron chi connectivity index (χ2n) is 4.98. The zero-order valence-electron chi connectivity index (χ0n) is 12.3. The fraction of sp³-hybridized carbons (Fsp3) is 0.467. The summed E-state index contributed by atoms with van der Waals surface area (Å²) in [6, 6.07) is 8.28. The van der Waals surface area contributed by atoms with Crippen molar-refractivity contribution in [1.29, 1.82) is 5.26 Å². The van der Waals surface area contributed by atoms with Crippen LogP contribution in [0.25, 0.3) is 0 Å². The molecule has 1 aromatic carbocycles. The molecule has 0 atom stereocenters. The van der Waals surface area contributed by atoms with Gasteiger partial charge in [0, 0.05) is 19.1 Å². The third-order valence-corrected chi connectivity index (χ3v) is 2.96. The molecule has 0 fully saturated rings. The van der Waals surface area contributed by atoms with Crippen LogP contribution in [0, 0.1) is 11.3 Å². The first-order valence-electron chi connectivity index (χ1n) is 6.77. The number of nitrogens with one attached hydrogen (secondary N) is 1. The Morgan fingerprint density at radius 3 is 2.70 bits per heavy atom. The van der Waals surface area contributed by atoms with Gasteiger partial charge < -0.3 is 16.0 Å². The van der Waals surface area contributed by atoms with Gasteiger partial charge in [-0.15, -0.1) is 0 Å². The largest absolute Gasteiger partial charge is 0.368 e.